The summed E-state index contributed by atoms with van der Waals surface area (Å²) in [6.45, 7) is 4.12. The molecule has 1 aromatic heterocycles. The van der Waals surface area contributed by atoms with Gasteiger partial charge in [0, 0.05) is 10.9 Å². The van der Waals surface area contributed by atoms with Gasteiger partial charge in [0.2, 0.25) is 0 Å². The lowest BCUT2D eigenvalue weighted by Gasteiger charge is -2.09. The molecule has 0 unspecified atom stereocenters. The fourth-order valence-corrected chi connectivity index (χ4v) is 2.50. The van der Waals surface area contributed by atoms with E-state index in [9.17, 15) is 4.79 Å². The number of carbonyl (C=O) groups is 1. The van der Waals surface area contributed by atoms with Gasteiger partial charge in [-0.05, 0) is 37.1 Å². The number of thiazole rings is 1. The van der Waals surface area contributed by atoms with Crippen LogP contribution < -0.4 is 4.74 Å². The molecule has 0 saturated carbocycles. The molecule has 0 bridgehead atoms. The molecule has 0 radical (unpaired) electrons. The molecule has 2 rings (SSSR count). The van der Waals surface area contributed by atoms with Crippen molar-refractivity contribution >= 4 is 17.6 Å². The first kappa shape index (κ1) is 12.8. The lowest BCUT2D eigenvalue weighted by Crippen LogP contribution is -1.92. The third kappa shape index (κ3) is 2.43. The van der Waals surface area contributed by atoms with E-state index in [0.717, 1.165) is 28.3 Å². The fourth-order valence-electron chi connectivity index (χ4n) is 1.76. The van der Waals surface area contributed by atoms with Gasteiger partial charge in [-0.25, -0.2) is 4.98 Å². The van der Waals surface area contributed by atoms with Crippen LogP contribution in [0.25, 0.3) is 11.3 Å². The fraction of sp³-hybridized carbons (Fsp3) is 0.286. The van der Waals surface area contributed by atoms with Crippen molar-refractivity contribution in [3.63, 3.8) is 0 Å². The van der Waals surface area contributed by atoms with Crippen LogP contribution in [-0.4, -0.2) is 18.4 Å². The van der Waals surface area contributed by atoms with Gasteiger partial charge < -0.3 is 9.53 Å². The minimum Gasteiger partial charge on any atom is -0.496 e. The van der Waals surface area contributed by atoms with Gasteiger partial charge in [0.25, 0.3) is 0 Å². The second-order valence-corrected chi connectivity index (χ2v) is 5.08. The maximum Gasteiger partial charge on any atom is 0.128 e. The van der Waals surface area contributed by atoms with Crippen LogP contribution in [0.2, 0.25) is 0 Å². The summed E-state index contributed by atoms with van der Waals surface area (Å²) >= 11 is 1.50. The van der Waals surface area contributed by atoms with Gasteiger partial charge in [0.15, 0.2) is 0 Å². The third-order valence-electron chi connectivity index (χ3n) is 2.90. The normalized spacial score (nSPS) is 10.4. The molecule has 94 valence electrons. The molecular weight excluding hydrogens is 246 g/mol. The van der Waals surface area contributed by atoms with Crippen molar-refractivity contribution in [2.75, 3.05) is 7.11 Å². The van der Waals surface area contributed by atoms with E-state index in [0.29, 0.717) is 6.42 Å². The van der Waals surface area contributed by atoms with E-state index in [1.807, 2.05) is 11.4 Å². The van der Waals surface area contributed by atoms with Crippen LogP contribution in [-0.2, 0) is 11.2 Å². The molecule has 2 aromatic rings. The van der Waals surface area contributed by atoms with Gasteiger partial charge in [-0.3, -0.25) is 0 Å². The monoisotopic (exact) mass is 261 g/mol. The number of hydrogen-bond donors (Lipinski definition) is 0. The Morgan fingerprint density at radius 3 is 2.72 bits per heavy atom. The van der Waals surface area contributed by atoms with Gasteiger partial charge in [0.1, 0.15) is 17.0 Å². The Labute approximate surface area is 110 Å². The number of aryl methyl sites for hydroxylation is 2. The predicted octanol–water partition coefficient (Wildman–Crippen LogP) is 3.18. The third-order valence-corrected chi connectivity index (χ3v) is 3.77. The maximum atomic E-state index is 10.5. The van der Waals surface area contributed by atoms with Crippen LogP contribution in [0.1, 0.15) is 16.1 Å². The Kier molecular flexibility index (Phi) is 3.77. The zero-order chi connectivity index (χ0) is 13.1. The topological polar surface area (TPSA) is 39.2 Å². The van der Waals surface area contributed by atoms with E-state index in [4.69, 9.17) is 4.74 Å². The van der Waals surface area contributed by atoms with Crippen molar-refractivity contribution in [2.45, 2.75) is 20.3 Å². The quantitative estimate of drug-likeness (QED) is 0.793. The van der Waals surface area contributed by atoms with Crippen LogP contribution in [0.15, 0.2) is 17.5 Å². The highest BCUT2D eigenvalue weighted by molar-refractivity contribution is 7.10. The minimum absolute atomic E-state index is 0.373. The van der Waals surface area contributed by atoms with Crippen molar-refractivity contribution < 1.29 is 9.53 Å². The highest BCUT2D eigenvalue weighted by atomic mass is 32.1. The van der Waals surface area contributed by atoms with Gasteiger partial charge >= 0.3 is 0 Å². The van der Waals surface area contributed by atoms with Gasteiger partial charge in [-0.2, -0.15) is 0 Å². The van der Waals surface area contributed by atoms with E-state index in [2.05, 4.69) is 24.9 Å². The zero-order valence-electron chi connectivity index (χ0n) is 10.7. The zero-order valence-corrected chi connectivity index (χ0v) is 11.5. The largest absolute Gasteiger partial charge is 0.496 e. The summed E-state index contributed by atoms with van der Waals surface area (Å²) in [6.07, 6.45) is 1.25. The summed E-state index contributed by atoms with van der Waals surface area (Å²) in [5.41, 5.74) is 4.25. The number of ether oxygens (including phenoxy) is 1. The summed E-state index contributed by atoms with van der Waals surface area (Å²) in [4.78, 5) is 14.9. The lowest BCUT2D eigenvalue weighted by molar-refractivity contribution is -0.107. The summed E-state index contributed by atoms with van der Waals surface area (Å²) in [7, 11) is 1.66. The minimum atomic E-state index is 0.373. The second kappa shape index (κ2) is 5.31. The standard InChI is InChI=1S/C14H15NO2S/c1-9-6-11(13(17-3)7-10(9)2)12-8-18-14(15-12)4-5-16/h5-8H,4H2,1-3H3. The van der Waals surface area contributed by atoms with Crippen molar-refractivity contribution in [1.29, 1.82) is 0 Å². The van der Waals surface area contributed by atoms with Crippen molar-refractivity contribution in [2.24, 2.45) is 0 Å². The first-order valence-corrected chi connectivity index (χ1v) is 6.57. The van der Waals surface area contributed by atoms with Crippen LogP contribution in [0.4, 0.5) is 0 Å². The number of methoxy groups -OCH3 is 1. The lowest BCUT2D eigenvalue weighted by atomic mass is 10.0. The molecule has 0 aliphatic carbocycles. The molecule has 3 nitrogen and oxygen atoms in total. The van der Waals surface area contributed by atoms with E-state index in [1.54, 1.807) is 7.11 Å². The first-order chi connectivity index (χ1) is 8.65. The van der Waals surface area contributed by atoms with E-state index in [-0.39, 0.29) is 0 Å². The van der Waals surface area contributed by atoms with Gasteiger partial charge in [0.05, 0.1) is 19.2 Å². The number of aldehydes is 1. The van der Waals surface area contributed by atoms with Crippen LogP contribution in [0, 0.1) is 13.8 Å². The number of hydrogen-bond acceptors (Lipinski definition) is 4. The van der Waals surface area contributed by atoms with Gasteiger partial charge in [-0.1, -0.05) is 0 Å². The first-order valence-electron chi connectivity index (χ1n) is 5.69. The van der Waals surface area contributed by atoms with Gasteiger partial charge in [-0.15, -0.1) is 11.3 Å². The Hall–Kier alpha value is -1.68. The molecule has 0 fully saturated rings. The molecule has 0 atom stereocenters. The second-order valence-electron chi connectivity index (χ2n) is 4.13. The number of nitrogens with zero attached hydrogens (tertiary/aromatic N) is 1. The Morgan fingerprint density at radius 1 is 1.33 bits per heavy atom. The summed E-state index contributed by atoms with van der Waals surface area (Å²) in [5.74, 6) is 0.820. The van der Waals surface area contributed by atoms with Crippen LogP contribution in [0.3, 0.4) is 0 Å². The maximum absolute atomic E-state index is 10.5. The number of aromatic nitrogens is 1. The van der Waals surface area contributed by atoms with E-state index >= 15 is 0 Å². The predicted molar refractivity (Wildman–Crippen MR) is 73.3 cm³/mol. The summed E-state index contributed by atoms with van der Waals surface area (Å²) in [6, 6.07) is 4.09. The average molecular weight is 261 g/mol. The molecule has 1 aromatic carbocycles. The van der Waals surface area contributed by atoms with Crippen LogP contribution in [0.5, 0.6) is 5.75 Å². The highest BCUT2D eigenvalue weighted by Gasteiger charge is 2.11. The van der Waals surface area contributed by atoms with Crippen molar-refractivity contribution in [3.05, 3.63) is 33.6 Å². The Morgan fingerprint density at radius 2 is 2.06 bits per heavy atom. The SMILES string of the molecule is COc1cc(C)c(C)cc1-c1csc(CC=O)n1. The number of carbonyl (C=O) groups excluding carboxylic acids is 1. The van der Waals surface area contributed by atoms with Crippen molar-refractivity contribution in [1.82, 2.24) is 4.98 Å². The molecule has 18 heavy (non-hydrogen) atoms. The van der Waals surface area contributed by atoms with Crippen LogP contribution >= 0.6 is 11.3 Å². The Balaban J connectivity index is 2.48. The molecule has 0 N–H and O–H groups in total. The molecule has 0 saturated heterocycles. The number of rotatable bonds is 4. The molecule has 0 aliphatic rings. The Bertz CT molecular complexity index is 575. The van der Waals surface area contributed by atoms with E-state index in [1.165, 1.54) is 22.5 Å². The molecular formula is C14H15NO2S. The summed E-state index contributed by atoms with van der Waals surface area (Å²) < 4.78 is 5.40. The smallest absolute Gasteiger partial charge is 0.128 e. The summed E-state index contributed by atoms with van der Waals surface area (Å²) in [5, 5.41) is 2.80. The van der Waals surface area contributed by atoms with Crippen molar-refractivity contribution in [3.8, 4) is 17.0 Å². The molecule has 0 amide bonds. The average Bonchev–Trinajstić information content (AvgIpc) is 2.81. The molecule has 1 heterocycles. The molecule has 0 spiro atoms. The number of benzene rings is 1. The van der Waals surface area contributed by atoms with E-state index < -0.39 is 0 Å². The highest BCUT2D eigenvalue weighted by Crippen LogP contribution is 2.33. The molecule has 0 aliphatic heterocycles. The molecule has 4 heteroatoms.